The summed E-state index contributed by atoms with van der Waals surface area (Å²) in [4.78, 5) is 0. The lowest BCUT2D eigenvalue weighted by molar-refractivity contribution is 0.416. The maximum absolute atomic E-state index is 5.99. The van der Waals surface area contributed by atoms with Crippen LogP contribution in [0.1, 0.15) is 13.3 Å². The lowest BCUT2D eigenvalue weighted by Crippen LogP contribution is -2.19. The van der Waals surface area contributed by atoms with Gasteiger partial charge in [0.2, 0.25) is 0 Å². The molecule has 1 aliphatic heterocycles. The van der Waals surface area contributed by atoms with Crippen LogP contribution < -0.4 is 10.1 Å². The number of benzene rings is 1. The molecule has 2 rings (SSSR count). The van der Waals surface area contributed by atoms with E-state index < -0.39 is 0 Å². The summed E-state index contributed by atoms with van der Waals surface area (Å²) in [5.41, 5.74) is 0.995. The molecule has 0 aromatic heterocycles. The highest BCUT2D eigenvalue weighted by molar-refractivity contribution is 8.00. The summed E-state index contributed by atoms with van der Waals surface area (Å²) >= 11 is 7.99. The molecule has 2 atom stereocenters. The van der Waals surface area contributed by atoms with Crippen LogP contribution in [0.3, 0.4) is 0 Å². The van der Waals surface area contributed by atoms with E-state index in [1.807, 2.05) is 30.0 Å². The van der Waals surface area contributed by atoms with Gasteiger partial charge >= 0.3 is 0 Å². The molecule has 2 nitrogen and oxygen atoms in total. The number of nitrogens with one attached hydrogen (secondary N) is 1. The molecule has 1 N–H and O–H groups in total. The smallest absolute Gasteiger partial charge is 0.142 e. The zero-order valence-corrected chi connectivity index (χ0v) is 11.1. The van der Waals surface area contributed by atoms with E-state index in [2.05, 4.69) is 12.2 Å². The van der Waals surface area contributed by atoms with Crippen molar-refractivity contribution in [3.63, 3.8) is 0 Å². The summed E-state index contributed by atoms with van der Waals surface area (Å²) in [6, 6.07) is 6.19. The average Bonchev–Trinajstić information content (AvgIpc) is 2.64. The van der Waals surface area contributed by atoms with Crippen LogP contribution in [0.25, 0.3) is 0 Å². The molecule has 1 saturated heterocycles. The van der Waals surface area contributed by atoms with E-state index in [1.165, 1.54) is 6.42 Å². The fourth-order valence-corrected chi connectivity index (χ4v) is 3.25. The number of halogens is 1. The van der Waals surface area contributed by atoms with Gasteiger partial charge in [-0.2, -0.15) is 11.8 Å². The van der Waals surface area contributed by atoms with Crippen LogP contribution in [-0.4, -0.2) is 24.2 Å². The van der Waals surface area contributed by atoms with Crippen molar-refractivity contribution in [2.45, 2.75) is 24.6 Å². The summed E-state index contributed by atoms with van der Waals surface area (Å²) in [6.07, 6.45) is 1.19. The minimum Gasteiger partial charge on any atom is -0.495 e. The van der Waals surface area contributed by atoms with Crippen LogP contribution in [-0.2, 0) is 0 Å². The normalized spacial score (nSPS) is 24.4. The molecular weight excluding hydrogens is 242 g/mol. The first-order valence-electron chi connectivity index (χ1n) is 5.40. The number of hydrogen-bond acceptors (Lipinski definition) is 3. The number of methoxy groups -OCH3 is 1. The first-order chi connectivity index (χ1) is 7.69. The molecule has 88 valence electrons. The van der Waals surface area contributed by atoms with E-state index in [-0.39, 0.29) is 0 Å². The molecule has 0 bridgehead atoms. The lowest BCUT2D eigenvalue weighted by atomic mass is 10.2. The second-order valence-corrected chi connectivity index (χ2v) is 5.97. The second-order valence-electron chi connectivity index (χ2n) is 4.07. The minimum absolute atomic E-state index is 0.521. The predicted molar refractivity (Wildman–Crippen MR) is 72.0 cm³/mol. The van der Waals surface area contributed by atoms with E-state index in [1.54, 1.807) is 7.11 Å². The maximum atomic E-state index is 5.99. The van der Waals surface area contributed by atoms with E-state index in [9.17, 15) is 0 Å². The summed E-state index contributed by atoms with van der Waals surface area (Å²) in [5.74, 6) is 2.01. The zero-order valence-electron chi connectivity index (χ0n) is 9.50. The molecule has 1 aliphatic rings. The molecule has 0 saturated carbocycles. The molecule has 1 heterocycles. The molecule has 1 aromatic carbocycles. The fourth-order valence-electron chi connectivity index (χ4n) is 1.93. The molecule has 1 fully saturated rings. The van der Waals surface area contributed by atoms with Crippen molar-refractivity contribution in [3.8, 4) is 5.75 Å². The van der Waals surface area contributed by atoms with Gasteiger partial charge in [0, 0.05) is 22.1 Å². The van der Waals surface area contributed by atoms with Gasteiger partial charge in [0.25, 0.3) is 0 Å². The topological polar surface area (TPSA) is 21.3 Å². The Hall–Kier alpha value is -0.540. The number of anilines is 1. The summed E-state index contributed by atoms with van der Waals surface area (Å²) < 4.78 is 5.31. The number of thioether (sulfide) groups is 1. The van der Waals surface area contributed by atoms with Crippen molar-refractivity contribution in [1.29, 1.82) is 0 Å². The quantitative estimate of drug-likeness (QED) is 0.893. The summed E-state index contributed by atoms with van der Waals surface area (Å²) in [6.45, 7) is 2.27. The largest absolute Gasteiger partial charge is 0.495 e. The molecule has 4 heteroatoms. The van der Waals surface area contributed by atoms with Gasteiger partial charge in [0.1, 0.15) is 5.75 Å². The highest BCUT2D eigenvalue weighted by Gasteiger charge is 2.22. The van der Waals surface area contributed by atoms with Crippen LogP contribution in [0.4, 0.5) is 5.69 Å². The Morgan fingerprint density at radius 2 is 2.31 bits per heavy atom. The van der Waals surface area contributed by atoms with Gasteiger partial charge in [-0.25, -0.2) is 0 Å². The van der Waals surface area contributed by atoms with Crippen LogP contribution in [0.2, 0.25) is 5.02 Å². The van der Waals surface area contributed by atoms with Crippen LogP contribution in [0.5, 0.6) is 5.75 Å². The van der Waals surface area contributed by atoms with E-state index >= 15 is 0 Å². The molecule has 16 heavy (non-hydrogen) atoms. The fraction of sp³-hybridized carbons (Fsp3) is 0.500. The lowest BCUT2D eigenvalue weighted by Gasteiger charge is -2.16. The van der Waals surface area contributed by atoms with Gasteiger partial charge in [0.15, 0.2) is 0 Å². The Balaban J connectivity index is 2.10. The predicted octanol–water partition coefficient (Wildman–Crippen LogP) is 3.65. The Morgan fingerprint density at radius 3 is 2.94 bits per heavy atom. The van der Waals surface area contributed by atoms with Crippen molar-refractivity contribution in [1.82, 2.24) is 0 Å². The highest BCUT2D eigenvalue weighted by atomic mass is 35.5. The van der Waals surface area contributed by atoms with Crippen LogP contribution in [0, 0.1) is 0 Å². The minimum atomic E-state index is 0.521. The SMILES string of the molecule is COc1ccc(Cl)cc1NC1CSC(C)C1. The molecule has 0 aliphatic carbocycles. The number of hydrogen-bond donors (Lipinski definition) is 1. The molecule has 1 aromatic rings. The van der Waals surface area contributed by atoms with Crippen molar-refractivity contribution >= 4 is 29.1 Å². The van der Waals surface area contributed by atoms with Crippen LogP contribution >= 0.6 is 23.4 Å². The summed E-state index contributed by atoms with van der Waals surface area (Å²) in [7, 11) is 1.68. The van der Waals surface area contributed by atoms with Crippen molar-refractivity contribution in [2.75, 3.05) is 18.2 Å². The first kappa shape index (κ1) is 11.9. The van der Waals surface area contributed by atoms with Gasteiger partial charge in [0.05, 0.1) is 12.8 Å². The zero-order chi connectivity index (χ0) is 11.5. The van der Waals surface area contributed by atoms with Crippen molar-refractivity contribution < 1.29 is 4.74 Å². The van der Waals surface area contributed by atoms with E-state index in [0.29, 0.717) is 6.04 Å². The molecular formula is C12H16ClNOS. The maximum Gasteiger partial charge on any atom is 0.142 e. The molecule has 2 unspecified atom stereocenters. The van der Waals surface area contributed by atoms with Gasteiger partial charge in [-0.1, -0.05) is 18.5 Å². The average molecular weight is 258 g/mol. The van der Waals surface area contributed by atoms with Gasteiger partial charge in [-0.3, -0.25) is 0 Å². The van der Waals surface area contributed by atoms with E-state index in [0.717, 1.165) is 27.5 Å². The Morgan fingerprint density at radius 1 is 1.50 bits per heavy atom. The Bertz CT molecular complexity index is 372. The van der Waals surface area contributed by atoms with Crippen LogP contribution in [0.15, 0.2) is 18.2 Å². The van der Waals surface area contributed by atoms with Crippen molar-refractivity contribution in [3.05, 3.63) is 23.2 Å². The summed E-state index contributed by atoms with van der Waals surface area (Å²) in [5, 5.41) is 4.98. The molecule has 0 spiro atoms. The third-order valence-corrected chi connectivity index (χ3v) is 4.31. The van der Waals surface area contributed by atoms with E-state index in [4.69, 9.17) is 16.3 Å². The Labute approximate surface area is 106 Å². The third-order valence-electron chi connectivity index (χ3n) is 2.72. The Kier molecular flexibility index (Phi) is 3.87. The van der Waals surface area contributed by atoms with Gasteiger partial charge in [-0.15, -0.1) is 0 Å². The third kappa shape index (κ3) is 2.77. The first-order valence-corrected chi connectivity index (χ1v) is 6.83. The monoisotopic (exact) mass is 257 g/mol. The number of rotatable bonds is 3. The second kappa shape index (κ2) is 5.19. The standard InChI is InChI=1S/C12H16ClNOS/c1-8-5-10(7-16-8)14-11-6-9(13)3-4-12(11)15-2/h3-4,6,8,10,14H,5,7H2,1-2H3. The van der Waals surface area contributed by atoms with Gasteiger partial charge < -0.3 is 10.1 Å². The van der Waals surface area contributed by atoms with Crippen molar-refractivity contribution in [2.24, 2.45) is 0 Å². The van der Waals surface area contributed by atoms with Gasteiger partial charge in [-0.05, 0) is 24.6 Å². The molecule has 0 amide bonds. The highest BCUT2D eigenvalue weighted by Crippen LogP contribution is 2.33. The number of ether oxygens (including phenoxy) is 1. The molecule has 0 radical (unpaired) electrons.